The number of esters is 1. The van der Waals surface area contributed by atoms with Crippen molar-refractivity contribution in [3.05, 3.63) is 69.0 Å². The van der Waals surface area contributed by atoms with Gasteiger partial charge in [-0.15, -0.1) is 11.3 Å². The first kappa shape index (κ1) is 26.4. The zero-order chi connectivity index (χ0) is 25.5. The summed E-state index contributed by atoms with van der Waals surface area (Å²) < 4.78 is 5.58. The first-order valence-electron chi connectivity index (χ1n) is 12.7. The number of nitrogens with zero attached hydrogens (tertiary/aromatic N) is 1. The standard InChI is InChI=1S/C28H33ClN2O4S/c1-2-35-27(34)28-15-6-4-3-5-9-24(28)31(16-14-20-10-12-21(29)13-11-20)26(33)23(28)18-25(32)30-19-22-8-7-17-36-22/h7-13,17,23H,2-6,14-16,18-19H2,1H3,(H,30,32)/b24-9+/t23-,28+/m1/s1. The van der Waals surface area contributed by atoms with Gasteiger partial charge in [-0.1, -0.05) is 48.7 Å². The van der Waals surface area contributed by atoms with E-state index in [1.807, 2.05) is 47.9 Å². The molecule has 2 aliphatic rings. The van der Waals surface area contributed by atoms with Gasteiger partial charge < -0.3 is 15.0 Å². The van der Waals surface area contributed by atoms with E-state index in [1.165, 1.54) is 0 Å². The van der Waals surface area contributed by atoms with Crippen LogP contribution in [0.3, 0.4) is 0 Å². The summed E-state index contributed by atoms with van der Waals surface area (Å²) >= 11 is 7.60. The molecule has 0 bridgehead atoms. The quantitative estimate of drug-likeness (QED) is 0.436. The molecule has 2 aromatic rings. The van der Waals surface area contributed by atoms with Crippen LogP contribution in [0.5, 0.6) is 0 Å². The van der Waals surface area contributed by atoms with E-state index in [0.717, 1.165) is 41.8 Å². The van der Waals surface area contributed by atoms with Gasteiger partial charge in [0.05, 0.1) is 19.1 Å². The molecule has 1 aromatic heterocycles. The molecule has 1 aliphatic heterocycles. The number of amides is 2. The van der Waals surface area contributed by atoms with Gasteiger partial charge in [-0.25, -0.2) is 0 Å². The molecule has 1 N–H and O–H groups in total. The molecule has 4 rings (SSSR count). The summed E-state index contributed by atoms with van der Waals surface area (Å²) in [6.07, 6.45) is 6.70. The number of fused-ring (bicyclic) bond motifs is 1. The van der Waals surface area contributed by atoms with E-state index in [9.17, 15) is 14.4 Å². The van der Waals surface area contributed by atoms with E-state index < -0.39 is 17.3 Å². The summed E-state index contributed by atoms with van der Waals surface area (Å²) in [6.45, 7) is 2.84. The van der Waals surface area contributed by atoms with Gasteiger partial charge in [0.1, 0.15) is 5.41 Å². The first-order chi connectivity index (χ1) is 17.5. The highest BCUT2D eigenvalue weighted by molar-refractivity contribution is 7.09. The number of rotatable bonds is 9. The van der Waals surface area contributed by atoms with Crippen molar-refractivity contribution in [3.8, 4) is 0 Å². The number of allylic oxidation sites excluding steroid dienone is 1. The molecule has 192 valence electrons. The van der Waals surface area contributed by atoms with E-state index in [0.29, 0.717) is 31.0 Å². The number of hydrogen-bond acceptors (Lipinski definition) is 5. The maximum absolute atomic E-state index is 13.9. The van der Waals surface area contributed by atoms with Gasteiger partial charge in [-0.3, -0.25) is 14.4 Å². The van der Waals surface area contributed by atoms with Crippen molar-refractivity contribution in [1.82, 2.24) is 10.2 Å². The second-order valence-electron chi connectivity index (χ2n) is 9.36. The Labute approximate surface area is 221 Å². The monoisotopic (exact) mass is 528 g/mol. The molecular formula is C28H33ClN2O4S. The summed E-state index contributed by atoms with van der Waals surface area (Å²) in [6, 6.07) is 11.5. The van der Waals surface area contributed by atoms with Crippen LogP contribution >= 0.6 is 22.9 Å². The molecule has 6 nitrogen and oxygen atoms in total. The smallest absolute Gasteiger partial charge is 0.318 e. The summed E-state index contributed by atoms with van der Waals surface area (Å²) in [4.78, 5) is 43.4. The summed E-state index contributed by atoms with van der Waals surface area (Å²) in [5, 5.41) is 5.56. The summed E-state index contributed by atoms with van der Waals surface area (Å²) in [5.74, 6) is -1.58. The van der Waals surface area contributed by atoms with E-state index >= 15 is 0 Å². The molecule has 2 atom stereocenters. The van der Waals surface area contributed by atoms with Gasteiger partial charge >= 0.3 is 5.97 Å². The lowest BCUT2D eigenvalue weighted by Crippen LogP contribution is -2.42. The van der Waals surface area contributed by atoms with Gasteiger partial charge in [0, 0.05) is 28.6 Å². The lowest BCUT2D eigenvalue weighted by molar-refractivity contribution is -0.158. The number of halogens is 1. The van der Waals surface area contributed by atoms with Gasteiger partial charge in [0.25, 0.3) is 0 Å². The fourth-order valence-corrected chi connectivity index (χ4v) is 6.12. The van der Waals surface area contributed by atoms with Crippen LogP contribution in [-0.2, 0) is 32.1 Å². The molecule has 2 amide bonds. The molecule has 0 radical (unpaired) electrons. The predicted octanol–water partition coefficient (Wildman–Crippen LogP) is 5.51. The Balaban J connectivity index is 1.63. The van der Waals surface area contributed by atoms with Crippen LogP contribution in [0, 0.1) is 11.3 Å². The van der Waals surface area contributed by atoms with Crippen LogP contribution in [0.1, 0.15) is 55.9 Å². The number of hydrogen-bond donors (Lipinski definition) is 1. The SMILES string of the molecule is CCOC(=O)[C@]12CCCCC/C=C\1N(CCc1ccc(Cl)cc1)C(=O)[C@H]2CC(=O)NCc1cccs1. The van der Waals surface area contributed by atoms with Crippen molar-refractivity contribution >= 4 is 40.7 Å². The Morgan fingerprint density at radius 2 is 2.00 bits per heavy atom. The molecule has 1 saturated heterocycles. The predicted molar refractivity (Wildman–Crippen MR) is 141 cm³/mol. The van der Waals surface area contributed by atoms with Crippen molar-refractivity contribution < 1.29 is 19.1 Å². The van der Waals surface area contributed by atoms with E-state index in [2.05, 4.69) is 5.32 Å². The highest BCUT2D eigenvalue weighted by Gasteiger charge is 2.61. The van der Waals surface area contributed by atoms with Crippen LogP contribution in [0.4, 0.5) is 0 Å². The maximum Gasteiger partial charge on any atom is 0.318 e. The highest BCUT2D eigenvalue weighted by Crippen LogP contribution is 2.52. The van der Waals surface area contributed by atoms with E-state index in [-0.39, 0.29) is 24.8 Å². The van der Waals surface area contributed by atoms with Crippen molar-refractivity contribution in [2.24, 2.45) is 11.3 Å². The molecule has 0 spiro atoms. The second-order valence-corrected chi connectivity index (χ2v) is 10.8. The Kier molecular flexibility index (Phi) is 8.86. The maximum atomic E-state index is 13.9. The largest absolute Gasteiger partial charge is 0.465 e. The topological polar surface area (TPSA) is 75.7 Å². The van der Waals surface area contributed by atoms with Crippen molar-refractivity contribution in [2.75, 3.05) is 13.2 Å². The average Bonchev–Trinajstić information content (AvgIpc) is 3.44. The fraction of sp³-hybridized carbons (Fsp3) is 0.464. The molecule has 2 heterocycles. The number of ether oxygens (including phenoxy) is 1. The normalized spacial score (nSPS) is 23.3. The number of carbonyl (C=O) groups excluding carboxylic acids is 3. The minimum atomic E-state index is -1.13. The van der Waals surface area contributed by atoms with Crippen LogP contribution in [0.15, 0.2) is 53.6 Å². The fourth-order valence-electron chi connectivity index (χ4n) is 5.34. The number of thiophene rings is 1. The molecule has 36 heavy (non-hydrogen) atoms. The van der Waals surface area contributed by atoms with Gasteiger partial charge in [0.15, 0.2) is 0 Å². The zero-order valence-electron chi connectivity index (χ0n) is 20.6. The molecule has 1 aromatic carbocycles. The van der Waals surface area contributed by atoms with Crippen LogP contribution in [-0.4, -0.2) is 35.8 Å². The van der Waals surface area contributed by atoms with Crippen molar-refractivity contribution in [3.63, 3.8) is 0 Å². The first-order valence-corrected chi connectivity index (χ1v) is 13.9. The molecule has 1 aliphatic carbocycles. The van der Waals surface area contributed by atoms with Crippen LogP contribution in [0.2, 0.25) is 5.02 Å². The molecule has 0 saturated carbocycles. The Bertz CT molecular complexity index is 1100. The minimum absolute atomic E-state index is 0.0438. The van der Waals surface area contributed by atoms with Crippen LogP contribution < -0.4 is 5.32 Å². The van der Waals surface area contributed by atoms with Crippen LogP contribution in [0.25, 0.3) is 0 Å². The zero-order valence-corrected chi connectivity index (χ0v) is 22.2. The van der Waals surface area contributed by atoms with E-state index in [4.69, 9.17) is 16.3 Å². The third-order valence-electron chi connectivity index (χ3n) is 7.13. The van der Waals surface area contributed by atoms with Crippen molar-refractivity contribution in [1.29, 1.82) is 0 Å². The minimum Gasteiger partial charge on any atom is -0.465 e. The second kappa shape index (κ2) is 12.1. The lowest BCUT2D eigenvalue weighted by Gasteiger charge is -2.34. The number of likely N-dealkylation sites (tertiary alicyclic amines) is 1. The molecule has 1 fully saturated rings. The molecule has 8 heteroatoms. The molecular weight excluding hydrogens is 496 g/mol. The summed E-state index contributed by atoms with van der Waals surface area (Å²) in [5.41, 5.74) is 0.640. The average molecular weight is 529 g/mol. The highest BCUT2D eigenvalue weighted by atomic mass is 35.5. The summed E-state index contributed by atoms with van der Waals surface area (Å²) in [7, 11) is 0. The van der Waals surface area contributed by atoms with Gasteiger partial charge in [-0.2, -0.15) is 0 Å². The number of nitrogens with one attached hydrogen (secondary N) is 1. The Hall–Kier alpha value is -2.64. The Morgan fingerprint density at radius 1 is 1.19 bits per heavy atom. The van der Waals surface area contributed by atoms with Gasteiger partial charge in [0.2, 0.25) is 11.8 Å². The lowest BCUT2D eigenvalue weighted by atomic mass is 9.69. The number of carbonyl (C=O) groups is 3. The van der Waals surface area contributed by atoms with Crippen molar-refractivity contribution in [2.45, 2.75) is 58.4 Å². The van der Waals surface area contributed by atoms with E-state index in [1.54, 1.807) is 23.2 Å². The van der Waals surface area contributed by atoms with Gasteiger partial charge in [-0.05, 0) is 61.7 Å². The third kappa shape index (κ3) is 5.68. The number of benzene rings is 1. The third-order valence-corrected chi connectivity index (χ3v) is 8.25. The Morgan fingerprint density at radius 3 is 2.72 bits per heavy atom. The molecule has 0 unspecified atom stereocenters.